The van der Waals surface area contributed by atoms with E-state index in [9.17, 15) is 9.90 Å². The van der Waals surface area contributed by atoms with E-state index in [1.807, 2.05) is 42.5 Å². The number of ether oxygens (including phenoxy) is 1. The average Bonchev–Trinajstić information content (AvgIpc) is 2.99. The van der Waals surface area contributed by atoms with E-state index < -0.39 is 16.6 Å². The monoisotopic (exact) mass is 387 g/mol. The van der Waals surface area contributed by atoms with Gasteiger partial charge in [0.15, 0.2) is 6.54 Å². The largest absolute Gasteiger partial charge is 0.476 e. The number of amides is 1. The SMILES string of the molecule is CCO/C(O)=C1\C(=O)NN[N+]1(Cc1ccccc1)N=Cc1ccc(Cl)cc1. The predicted octanol–water partition coefficient (Wildman–Crippen LogP) is 3.00. The number of rotatable bonds is 6. The summed E-state index contributed by atoms with van der Waals surface area (Å²) in [5.74, 6) is -0.977. The van der Waals surface area contributed by atoms with E-state index in [1.54, 1.807) is 25.3 Å². The van der Waals surface area contributed by atoms with Gasteiger partial charge in [0.05, 0.1) is 12.8 Å². The first kappa shape index (κ1) is 18.9. The Balaban J connectivity index is 2.04. The summed E-state index contributed by atoms with van der Waals surface area (Å²) in [6, 6.07) is 16.6. The minimum absolute atomic E-state index is 0.0223. The lowest BCUT2D eigenvalue weighted by Gasteiger charge is -2.24. The van der Waals surface area contributed by atoms with Crippen molar-refractivity contribution in [3.63, 3.8) is 0 Å². The predicted molar refractivity (Wildman–Crippen MR) is 102 cm³/mol. The van der Waals surface area contributed by atoms with Gasteiger partial charge in [-0.3, -0.25) is 4.79 Å². The number of benzene rings is 2. The molecule has 2 aromatic rings. The fourth-order valence-electron chi connectivity index (χ4n) is 2.69. The van der Waals surface area contributed by atoms with E-state index in [0.29, 0.717) is 5.02 Å². The molecule has 2 aromatic carbocycles. The van der Waals surface area contributed by atoms with Crippen molar-refractivity contribution in [3.05, 3.63) is 82.4 Å². The van der Waals surface area contributed by atoms with E-state index in [-0.39, 0.29) is 18.8 Å². The van der Waals surface area contributed by atoms with E-state index in [2.05, 4.69) is 16.1 Å². The Morgan fingerprint density at radius 2 is 1.93 bits per heavy atom. The number of quaternary nitrogens is 1. The molecule has 3 rings (SSSR count). The Morgan fingerprint density at radius 1 is 1.22 bits per heavy atom. The van der Waals surface area contributed by atoms with Crippen LogP contribution >= 0.6 is 11.6 Å². The van der Waals surface area contributed by atoms with Crippen molar-refractivity contribution in [3.8, 4) is 0 Å². The highest BCUT2D eigenvalue weighted by atomic mass is 35.5. The number of hydrogen-bond donors (Lipinski definition) is 3. The number of halogens is 1. The van der Waals surface area contributed by atoms with Gasteiger partial charge in [-0.15, -0.1) is 0 Å². The van der Waals surface area contributed by atoms with Gasteiger partial charge in [0, 0.05) is 10.6 Å². The zero-order valence-corrected chi connectivity index (χ0v) is 15.5. The lowest BCUT2D eigenvalue weighted by molar-refractivity contribution is -0.948. The molecular weight excluding hydrogens is 368 g/mol. The third kappa shape index (κ3) is 4.28. The van der Waals surface area contributed by atoms with Gasteiger partial charge in [0.1, 0.15) is 0 Å². The van der Waals surface area contributed by atoms with Crippen LogP contribution in [0.25, 0.3) is 0 Å². The molecule has 0 saturated carbocycles. The highest BCUT2D eigenvalue weighted by Crippen LogP contribution is 2.27. The van der Waals surface area contributed by atoms with E-state index in [4.69, 9.17) is 16.3 Å². The number of hydrazine groups is 1. The van der Waals surface area contributed by atoms with Crippen molar-refractivity contribution in [2.24, 2.45) is 5.10 Å². The first-order valence-corrected chi connectivity index (χ1v) is 8.79. The molecule has 8 heteroatoms. The first-order chi connectivity index (χ1) is 13.0. The maximum absolute atomic E-state index is 12.4. The Morgan fingerprint density at radius 3 is 2.59 bits per heavy atom. The van der Waals surface area contributed by atoms with Crippen molar-refractivity contribution in [2.45, 2.75) is 13.5 Å². The Bertz CT molecular complexity index is 868. The molecule has 1 unspecified atom stereocenters. The van der Waals surface area contributed by atoms with Crippen LogP contribution in [0.5, 0.6) is 0 Å². The third-order valence-corrected chi connectivity index (χ3v) is 4.20. The van der Waals surface area contributed by atoms with Gasteiger partial charge in [-0.25, -0.2) is 5.43 Å². The summed E-state index contributed by atoms with van der Waals surface area (Å²) < 4.78 is 4.79. The van der Waals surface area contributed by atoms with Crippen LogP contribution in [0.1, 0.15) is 18.1 Å². The molecule has 0 aliphatic carbocycles. The number of hydrogen-bond acceptors (Lipinski definition) is 5. The second kappa shape index (κ2) is 8.22. The van der Waals surface area contributed by atoms with Gasteiger partial charge in [0.25, 0.3) is 0 Å². The van der Waals surface area contributed by atoms with Crippen molar-refractivity contribution < 1.29 is 19.3 Å². The van der Waals surface area contributed by atoms with E-state index in [1.165, 1.54) is 0 Å². The van der Waals surface area contributed by atoms with Crippen LogP contribution in [-0.2, 0) is 16.1 Å². The normalized spacial score (nSPS) is 21.3. The van der Waals surface area contributed by atoms with Crippen LogP contribution in [0.4, 0.5) is 0 Å². The molecule has 140 valence electrons. The molecule has 1 heterocycles. The van der Waals surface area contributed by atoms with Gasteiger partial charge >= 0.3 is 17.5 Å². The third-order valence-electron chi connectivity index (χ3n) is 3.95. The standard InChI is InChI=1S/C19H19ClN4O3/c1-2-27-19(26)17-18(25)22-23-24(17,13-15-6-4-3-5-7-15)21-12-14-8-10-16(20)11-9-14/h3-12,23H,2,13H2,1H3,(H-,22,25,26)/p+1. The van der Waals surface area contributed by atoms with Gasteiger partial charge in [-0.05, 0) is 30.2 Å². The van der Waals surface area contributed by atoms with Crippen molar-refractivity contribution in [2.75, 3.05) is 6.61 Å². The minimum atomic E-state index is -0.509. The van der Waals surface area contributed by atoms with E-state index in [0.717, 1.165) is 11.1 Å². The summed E-state index contributed by atoms with van der Waals surface area (Å²) in [6.45, 7) is 2.21. The maximum Gasteiger partial charge on any atom is 0.352 e. The number of aliphatic hydroxyl groups excluding tert-OH is 1. The summed E-state index contributed by atoms with van der Waals surface area (Å²) in [5, 5.41) is 15.5. The zero-order chi connectivity index (χ0) is 19.3. The summed E-state index contributed by atoms with van der Waals surface area (Å²) in [7, 11) is 0. The second-order valence-corrected chi connectivity index (χ2v) is 6.30. The zero-order valence-electron chi connectivity index (χ0n) is 14.7. The summed E-state index contributed by atoms with van der Waals surface area (Å²) in [4.78, 5) is 12.4. The molecule has 1 amide bonds. The highest BCUT2D eigenvalue weighted by Gasteiger charge is 2.50. The van der Waals surface area contributed by atoms with Crippen LogP contribution in [0.15, 0.2) is 71.3 Å². The molecule has 0 aromatic heterocycles. The fourth-order valence-corrected chi connectivity index (χ4v) is 2.82. The van der Waals surface area contributed by atoms with Crippen LogP contribution in [0.2, 0.25) is 5.02 Å². The number of aliphatic hydroxyl groups is 1. The second-order valence-electron chi connectivity index (χ2n) is 5.86. The van der Waals surface area contributed by atoms with Gasteiger partial charge in [-0.2, -0.15) is 0 Å². The van der Waals surface area contributed by atoms with Crippen LogP contribution in [0, 0.1) is 0 Å². The van der Waals surface area contributed by atoms with Crippen molar-refractivity contribution in [1.82, 2.24) is 11.0 Å². The summed E-state index contributed by atoms with van der Waals surface area (Å²) >= 11 is 5.92. The average molecular weight is 388 g/mol. The number of nitrogens with one attached hydrogen (secondary N) is 2. The molecule has 1 aliphatic heterocycles. The molecular formula is C19H20ClN4O3+. The molecule has 1 atom stereocenters. The highest BCUT2D eigenvalue weighted by molar-refractivity contribution is 6.30. The number of carbonyl (C=O) groups excluding carboxylic acids is 1. The van der Waals surface area contributed by atoms with Crippen LogP contribution in [-0.4, -0.2) is 28.5 Å². The van der Waals surface area contributed by atoms with E-state index >= 15 is 0 Å². The number of carbonyl (C=O) groups is 1. The summed E-state index contributed by atoms with van der Waals surface area (Å²) in [6.07, 6.45) is 1.60. The molecule has 27 heavy (non-hydrogen) atoms. The Labute approximate surface area is 162 Å². The lowest BCUT2D eigenvalue weighted by Crippen LogP contribution is -2.50. The smallest absolute Gasteiger partial charge is 0.352 e. The Kier molecular flexibility index (Phi) is 5.75. The lowest BCUT2D eigenvalue weighted by atomic mass is 10.2. The quantitative estimate of drug-likeness (QED) is 0.308. The molecule has 7 nitrogen and oxygen atoms in total. The topological polar surface area (TPSA) is 83.0 Å². The molecule has 1 fully saturated rings. The maximum atomic E-state index is 12.4. The molecule has 1 saturated heterocycles. The number of nitrogens with zero attached hydrogens (tertiary/aromatic N) is 2. The first-order valence-electron chi connectivity index (χ1n) is 8.41. The van der Waals surface area contributed by atoms with Crippen molar-refractivity contribution >= 4 is 23.7 Å². The summed E-state index contributed by atoms with van der Waals surface area (Å²) in [5.41, 5.74) is 7.06. The van der Waals surface area contributed by atoms with Crippen LogP contribution < -0.4 is 11.0 Å². The molecule has 1 aliphatic rings. The van der Waals surface area contributed by atoms with Crippen molar-refractivity contribution in [1.29, 1.82) is 0 Å². The Hall–Kier alpha value is -2.87. The molecule has 3 N–H and O–H groups in total. The molecule has 0 bridgehead atoms. The fraction of sp³-hybridized carbons (Fsp3) is 0.158. The van der Waals surface area contributed by atoms with Gasteiger partial charge in [0.2, 0.25) is 0 Å². The van der Waals surface area contributed by atoms with Crippen LogP contribution in [0.3, 0.4) is 0 Å². The molecule has 0 spiro atoms. The van der Waals surface area contributed by atoms with Gasteiger partial charge in [-0.1, -0.05) is 63.9 Å². The molecule has 0 radical (unpaired) electrons. The van der Waals surface area contributed by atoms with Gasteiger partial charge < -0.3 is 9.84 Å². The minimum Gasteiger partial charge on any atom is -0.476 e.